The minimum Gasteiger partial charge on any atom is -0.494 e. The highest BCUT2D eigenvalue weighted by atomic mass is 19.4. The summed E-state index contributed by atoms with van der Waals surface area (Å²) in [6.07, 6.45) is -2.70. The number of likely N-dealkylation sites (N-methyl/N-ethyl adjacent to an activating group) is 1. The number of anilines is 1. The predicted molar refractivity (Wildman–Crippen MR) is 88.8 cm³/mol. The summed E-state index contributed by atoms with van der Waals surface area (Å²) in [5, 5.41) is 3.30. The fourth-order valence-corrected chi connectivity index (χ4v) is 3.81. The molecule has 0 aromatic heterocycles. The average molecular weight is 342 g/mol. The van der Waals surface area contributed by atoms with Crippen LogP contribution in [0.5, 0.6) is 5.75 Å². The molecular weight excluding hydrogens is 317 g/mol. The largest absolute Gasteiger partial charge is 0.494 e. The SMILES string of the molecule is CC(C)CCOc1cc2c(c(C(F)(F)F)c1)N(C)[C@H]1CCNC[C@@H]21. The summed E-state index contributed by atoms with van der Waals surface area (Å²) >= 11 is 0. The van der Waals surface area contributed by atoms with Crippen molar-refractivity contribution in [1.82, 2.24) is 5.32 Å². The lowest BCUT2D eigenvalue weighted by Crippen LogP contribution is -2.42. The van der Waals surface area contributed by atoms with E-state index in [0.29, 0.717) is 24.0 Å². The van der Waals surface area contributed by atoms with Gasteiger partial charge in [-0.3, -0.25) is 0 Å². The normalized spacial score (nSPS) is 23.4. The smallest absolute Gasteiger partial charge is 0.418 e. The van der Waals surface area contributed by atoms with E-state index in [1.165, 1.54) is 6.07 Å². The third kappa shape index (κ3) is 3.21. The Morgan fingerprint density at radius 1 is 1.33 bits per heavy atom. The molecule has 0 saturated carbocycles. The number of ether oxygens (including phenoxy) is 1. The first kappa shape index (κ1) is 17.4. The maximum atomic E-state index is 13.6. The number of nitrogens with zero attached hydrogens (tertiary/aromatic N) is 1. The lowest BCUT2D eigenvalue weighted by Gasteiger charge is -2.31. The zero-order valence-corrected chi connectivity index (χ0v) is 14.4. The van der Waals surface area contributed by atoms with Crippen molar-refractivity contribution in [3.05, 3.63) is 23.3 Å². The van der Waals surface area contributed by atoms with E-state index < -0.39 is 11.7 Å². The van der Waals surface area contributed by atoms with Crippen molar-refractivity contribution >= 4 is 5.69 Å². The first-order valence-electron chi connectivity index (χ1n) is 8.60. The molecule has 0 unspecified atom stereocenters. The summed E-state index contributed by atoms with van der Waals surface area (Å²) < 4.78 is 46.5. The van der Waals surface area contributed by atoms with E-state index in [2.05, 4.69) is 19.2 Å². The van der Waals surface area contributed by atoms with Crippen molar-refractivity contribution in [2.45, 2.75) is 44.8 Å². The number of hydrogen-bond donors (Lipinski definition) is 1. The van der Waals surface area contributed by atoms with Crippen LogP contribution in [0.3, 0.4) is 0 Å². The van der Waals surface area contributed by atoms with Crippen LogP contribution in [-0.4, -0.2) is 32.8 Å². The Kier molecular flexibility index (Phi) is 4.69. The lowest BCUT2D eigenvalue weighted by molar-refractivity contribution is -0.137. The van der Waals surface area contributed by atoms with Crippen LogP contribution >= 0.6 is 0 Å². The van der Waals surface area contributed by atoms with Crippen LogP contribution in [0.15, 0.2) is 12.1 Å². The van der Waals surface area contributed by atoms with E-state index in [1.807, 2.05) is 11.0 Å². The van der Waals surface area contributed by atoms with Gasteiger partial charge >= 0.3 is 6.18 Å². The molecule has 0 spiro atoms. The van der Waals surface area contributed by atoms with E-state index in [-0.39, 0.29) is 12.0 Å². The third-order valence-corrected chi connectivity index (χ3v) is 5.08. The van der Waals surface area contributed by atoms with Crippen molar-refractivity contribution in [2.24, 2.45) is 5.92 Å². The van der Waals surface area contributed by atoms with Crippen molar-refractivity contribution in [1.29, 1.82) is 0 Å². The highest BCUT2D eigenvalue weighted by Crippen LogP contribution is 2.50. The third-order valence-electron chi connectivity index (χ3n) is 5.08. The van der Waals surface area contributed by atoms with Gasteiger partial charge in [-0.2, -0.15) is 13.2 Å². The highest BCUT2D eigenvalue weighted by Gasteiger charge is 2.45. The number of benzene rings is 1. The Bertz CT molecular complexity index is 601. The van der Waals surface area contributed by atoms with Gasteiger partial charge < -0.3 is 15.0 Å². The van der Waals surface area contributed by atoms with Gasteiger partial charge in [0.1, 0.15) is 5.75 Å². The Balaban J connectivity index is 1.98. The van der Waals surface area contributed by atoms with Crippen LogP contribution in [0.25, 0.3) is 0 Å². The molecule has 1 saturated heterocycles. The first-order valence-corrected chi connectivity index (χ1v) is 8.60. The molecule has 24 heavy (non-hydrogen) atoms. The molecule has 3 rings (SSSR count). The van der Waals surface area contributed by atoms with E-state index in [1.54, 1.807) is 7.05 Å². The molecular formula is C18H25F3N2O. The molecule has 2 atom stereocenters. The molecule has 0 amide bonds. The fraction of sp³-hybridized carbons (Fsp3) is 0.667. The number of piperidine rings is 1. The summed E-state index contributed by atoms with van der Waals surface area (Å²) in [4.78, 5) is 1.82. The monoisotopic (exact) mass is 342 g/mol. The van der Waals surface area contributed by atoms with Gasteiger partial charge in [0.15, 0.2) is 0 Å². The number of fused-ring (bicyclic) bond motifs is 3. The molecule has 3 nitrogen and oxygen atoms in total. The molecule has 1 fully saturated rings. The van der Waals surface area contributed by atoms with Crippen LogP contribution in [0.1, 0.15) is 43.7 Å². The van der Waals surface area contributed by atoms with Crippen molar-refractivity contribution in [3.8, 4) is 5.75 Å². The van der Waals surface area contributed by atoms with E-state index in [0.717, 1.165) is 31.5 Å². The van der Waals surface area contributed by atoms with Gasteiger partial charge in [0.05, 0.1) is 17.9 Å². The Labute approximate surface area is 141 Å². The Morgan fingerprint density at radius 2 is 2.08 bits per heavy atom. The second kappa shape index (κ2) is 6.47. The van der Waals surface area contributed by atoms with Gasteiger partial charge in [0.25, 0.3) is 0 Å². The lowest BCUT2D eigenvalue weighted by atomic mass is 9.89. The Morgan fingerprint density at radius 3 is 2.75 bits per heavy atom. The molecule has 0 bridgehead atoms. The summed E-state index contributed by atoms with van der Waals surface area (Å²) in [6, 6.07) is 3.12. The summed E-state index contributed by atoms with van der Waals surface area (Å²) in [5.41, 5.74) is 0.526. The van der Waals surface area contributed by atoms with Gasteiger partial charge in [-0.15, -0.1) is 0 Å². The topological polar surface area (TPSA) is 24.5 Å². The van der Waals surface area contributed by atoms with Gasteiger partial charge in [-0.1, -0.05) is 13.8 Å². The summed E-state index contributed by atoms with van der Waals surface area (Å²) in [7, 11) is 1.78. The van der Waals surface area contributed by atoms with Crippen molar-refractivity contribution < 1.29 is 17.9 Å². The number of hydrogen-bond acceptors (Lipinski definition) is 3. The van der Waals surface area contributed by atoms with E-state index in [9.17, 15) is 13.2 Å². The maximum Gasteiger partial charge on any atom is 0.418 e. The molecule has 134 valence electrons. The van der Waals surface area contributed by atoms with E-state index in [4.69, 9.17) is 4.74 Å². The molecule has 2 aliphatic rings. The minimum absolute atomic E-state index is 0.0912. The highest BCUT2D eigenvalue weighted by molar-refractivity contribution is 5.69. The fourth-order valence-electron chi connectivity index (χ4n) is 3.81. The van der Waals surface area contributed by atoms with Gasteiger partial charge in [0, 0.05) is 25.6 Å². The minimum atomic E-state index is -4.38. The second-order valence-corrected chi connectivity index (χ2v) is 7.21. The molecule has 1 aromatic carbocycles. The quantitative estimate of drug-likeness (QED) is 0.894. The maximum absolute atomic E-state index is 13.6. The van der Waals surface area contributed by atoms with Crippen LogP contribution < -0.4 is 15.0 Å². The van der Waals surface area contributed by atoms with Gasteiger partial charge in [0.2, 0.25) is 0 Å². The van der Waals surface area contributed by atoms with Crippen molar-refractivity contribution in [2.75, 3.05) is 31.6 Å². The molecule has 6 heteroatoms. The van der Waals surface area contributed by atoms with Crippen LogP contribution in [0.2, 0.25) is 0 Å². The first-order chi connectivity index (χ1) is 11.3. The molecule has 2 heterocycles. The predicted octanol–water partition coefficient (Wildman–Crippen LogP) is 4.03. The second-order valence-electron chi connectivity index (χ2n) is 7.21. The zero-order chi connectivity index (χ0) is 17.5. The average Bonchev–Trinajstić information content (AvgIpc) is 2.79. The molecule has 0 aliphatic carbocycles. The number of nitrogens with one attached hydrogen (secondary N) is 1. The van der Waals surface area contributed by atoms with Gasteiger partial charge in [-0.05, 0) is 43.0 Å². The standard InChI is InChI=1S/C18H25F3N2O/c1-11(2)5-7-24-12-8-13-14-10-22-6-4-16(14)23(3)17(13)15(9-12)18(19,20)21/h8-9,11,14,16,22H,4-7,10H2,1-3H3/t14-,16-/m0/s1. The van der Waals surface area contributed by atoms with Gasteiger partial charge in [-0.25, -0.2) is 0 Å². The number of rotatable bonds is 4. The Hall–Kier alpha value is -1.43. The molecule has 1 aromatic rings. The van der Waals surface area contributed by atoms with E-state index >= 15 is 0 Å². The van der Waals surface area contributed by atoms with Crippen LogP contribution in [0.4, 0.5) is 18.9 Å². The number of halogens is 3. The molecule has 2 aliphatic heterocycles. The summed E-state index contributed by atoms with van der Waals surface area (Å²) in [6.45, 7) is 6.14. The van der Waals surface area contributed by atoms with Crippen molar-refractivity contribution in [3.63, 3.8) is 0 Å². The van der Waals surface area contributed by atoms with Crippen LogP contribution in [-0.2, 0) is 6.18 Å². The van der Waals surface area contributed by atoms with Crippen LogP contribution in [0, 0.1) is 5.92 Å². The zero-order valence-electron chi connectivity index (χ0n) is 14.4. The number of alkyl halides is 3. The molecule has 1 N–H and O–H groups in total. The summed E-state index contributed by atoms with van der Waals surface area (Å²) in [5.74, 6) is 0.884. The molecule has 0 radical (unpaired) electrons.